The summed E-state index contributed by atoms with van der Waals surface area (Å²) in [7, 11) is 0. The Labute approximate surface area is 124 Å². The normalized spacial score (nSPS) is 17.1. The molecule has 0 radical (unpaired) electrons. The average Bonchev–Trinajstić information content (AvgIpc) is 2.77. The number of aromatic nitrogens is 2. The van der Waals surface area contributed by atoms with E-state index in [0.717, 1.165) is 0 Å². The third-order valence-electron chi connectivity index (χ3n) is 3.48. The quantitative estimate of drug-likeness (QED) is 0.747. The van der Waals surface area contributed by atoms with E-state index in [2.05, 4.69) is 10.2 Å². The number of nitrogens with zero attached hydrogens (tertiary/aromatic N) is 1. The van der Waals surface area contributed by atoms with Crippen LogP contribution in [0.2, 0.25) is 5.02 Å². The Bertz CT molecular complexity index is 857. The number of halogens is 1. The fraction of sp³-hybridized carbons (Fsp3) is 0.143. The Morgan fingerprint density at radius 2 is 2.19 bits per heavy atom. The third-order valence-corrected chi connectivity index (χ3v) is 3.71. The van der Waals surface area contributed by atoms with Gasteiger partial charge in [0.1, 0.15) is 17.4 Å². The Kier molecular flexibility index (Phi) is 3.00. The largest absolute Gasteiger partial charge is 0.440 e. The smallest absolute Gasteiger partial charge is 0.268 e. The highest BCUT2D eigenvalue weighted by atomic mass is 35.5. The molecule has 4 N–H and O–H groups in total. The second-order valence-electron chi connectivity index (χ2n) is 4.72. The zero-order valence-electron chi connectivity index (χ0n) is 11.0. The molecule has 0 saturated carbocycles. The van der Waals surface area contributed by atoms with Crippen molar-refractivity contribution >= 4 is 11.6 Å². The van der Waals surface area contributed by atoms with Crippen LogP contribution in [0.3, 0.4) is 0 Å². The first kappa shape index (κ1) is 13.3. The van der Waals surface area contributed by atoms with Crippen LogP contribution < -0.4 is 16.0 Å². The summed E-state index contributed by atoms with van der Waals surface area (Å²) in [4.78, 5) is 12.1. The molecule has 1 aromatic carbocycles. The molecule has 2 aromatic rings. The maximum absolute atomic E-state index is 12.1. The van der Waals surface area contributed by atoms with Gasteiger partial charge in [-0.15, -0.1) is 0 Å². The van der Waals surface area contributed by atoms with Gasteiger partial charge in [0.15, 0.2) is 0 Å². The summed E-state index contributed by atoms with van der Waals surface area (Å²) in [5, 5.41) is 15.1. The van der Waals surface area contributed by atoms with E-state index in [1.54, 1.807) is 25.1 Å². The van der Waals surface area contributed by atoms with Crippen molar-refractivity contribution in [2.45, 2.75) is 12.8 Å². The molecule has 1 aromatic heterocycles. The number of benzene rings is 1. The zero-order chi connectivity index (χ0) is 15.1. The minimum Gasteiger partial charge on any atom is -0.440 e. The van der Waals surface area contributed by atoms with Gasteiger partial charge >= 0.3 is 0 Å². The number of rotatable bonds is 1. The fourth-order valence-electron chi connectivity index (χ4n) is 2.53. The number of nitrogens with two attached hydrogens (primary N) is 1. The van der Waals surface area contributed by atoms with Gasteiger partial charge in [0.2, 0.25) is 5.88 Å². The Morgan fingerprint density at radius 1 is 1.43 bits per heavy atom. The van der Waals surface area contributed by atoms with Crippen molar-refractivity contribution in [3.05, 3.63) is 61.9 Å². The average molecular weight is 303 g/mol. The molecule has 106 valence electrons. The molecule has 3 rings (SSSR count). The van der Waals surface area contributed by atoms with Gasteiger partial charge in [0.05, 0.1) is 11.5 Å². The van der Waals surface area contributed by atoms with E-state index in [0.29, 0.717) is 27.6 Å². The first-order valence-electron chi connectivity index (χ1n) is 6.17. The molecular formula is C14H11ClN4O2. The number of aromatic amines is 2. The highest BCUT2D eigenvalue weighted by Gasteiger charge is 2.34. The molecule has 0 fully saturated rings. The Balaban J connectivity index is 2.34. The van der Waals surface area contributed by atoms with Crippen LogP contribution in [0, 0.1) is 18.3 Å². The van der Waals surface area contributed by atoms with Gasteiger partial charge in [-0.25, -0.2) is 0 Å². The fourth-order valence-corrected chi connectivity index (χ4v) is 2.71. The van der Waals surface area contributed by atoms with Crippen LogP contribution in [-0.2, 0) is 0 Å². The molecule has 0 saturated heterocycles. The lowest BCUT2D eigenvalue weighted by molar-refractivity contribution is 0.393. The minimum absolute atomic E-state index is 0.00248. The number of nitriles is 1. The van der Waals surface area contributed by atoms with Crippen LogP contribution in [0.25, 0.3) is 0 Å². The van der Waals surface area contributed by atoms with Crippen molar-refractivity contribution in [3.8, 4) is 11.8 Å². The molecule has 1 aliphatic heterocycles. The van der Waals surface area contributed by atoms with Crippen LogP contribution in [-0.4, -0.2) is 10.2 Å². The van der Waals surface area contributed by atoms with Crippen LogP contribution in [0.15, 0.2) is 34.4 Å². The number of allylic oxidation sites excluding steroid dienone is 1. The number of nitrogens with one attached hydrogen (secondary N) is 2. The maximum atomic E-state index is 12.1. The summed E-state index contributed by atoms with van der Waals surface area (Å²) in [6, 6.07) is 7.04. The van der Waals surface area contributed by atoms with E-state index in [1.807, 2.05) is 6.07 Å². The van der Waals surface area contributed by atoms with Gasteiger partial charge in [-0.1, -0.05) is 11.6 Å². The van der Waals surface area contributed by atoms with Crippen molar-refractivity contribution in [2.75, 3.05) is 0 Å². The molecule has 7 heteroatoms. The van der Waals surface area contributed by atoms with Crippen LogP contribution in [0.4, 0.5) is 0 Å². The molecule has 0 aliphatic carbocycles. The summed E-state index contributed by atoms with van der Waals surface area (Å²) in [6.45, 7) is 1.75. The van der Waals surface area contributed by atoms with E-state index in [-0.39, 0.29) is 17.0 Å². The lowest BCUT2D eigenvalue weighted by Gasteiger charge is -2.25. The van der Waals surface area contributed by atoms with Crippen molar-refractivity contribution in [1.29, 1.82) is 5.26 Å². The lowest BCUT2D eigenvalue weighted by Crippen LogP contribution is -2.24. The van der Waals surface area contributed by atoms with E-state index in [4.69, 9.17) is 22.1 Å². The van der Waals surface area contributed by atoms with Gasteiger partial charge < -0.3 is 15.6 Å². The number of H-pyrrole nitrogens is 2. The molecule has 0 amide bonds. The van der Waals surface area contributed by atoms with Gasteiger partial charge in [-0.05, 0) is 25.1 Å². The number of aryl methyl sites for hydroxylation is 1. The zero-order valence-corrected chi connectivity index (χ0v) is 11.8. The van der Waals surface area contributed by atoms with Crippen LogP contribution >= 0.6 is 11.6 Å². The van der Waals surface area contributed by atoms with E-state index >= 15 is 0 Å². The minimum atomic E-state index is -0.604. The molecule has 0 bridgehead atoms. The molecule has 1 atom stereocenters. The Hall–Kier alpha value is -2.65. The van der Waals surface area contributed by atoms with Crippen LogP contribution in [0.5, 0.6) is 5.75 Å². The third kappa shape index (κ3) is 1.99. The van der Waals surface area contributed by atoms with Crippen molar-refractivity contribution < 1.29 is 4.74 Å². The predicted octanol–water partition coefficient (Wildman–Crippen LogP) is 1.88. The van der Waals surface area contributed by atoms with Crippen molar-refractivity contribution in [2.24, 2.45) is 5.73 Å². The molecule has 1 aliphatic rings. The molecule has 2 heterocycles. The lowest BCUT2D eigenvalue weighted by atomic mass is 9.84. The number of hydrogen-bond acceptors (Lipinski definition) is 4. The summed E-state index contributed by atoms with van der Waals surface area (Å²) < 4.78 is 5.45. The molecule has 0 spiro atoms. The SMILES string of the molecule is Cc1[nH][nH]c(=O)c1C1C(C#N)=C(N)Oc2ccc(Cl)cc21. The maximum Gasteiger partial charge on any atom is 0.268 e. The predicted molar refractivity (Wildman–Crippen MR) is 76.9 cm³/mol. The molecular weight excluding hydrogens is 292 g/mol. The van der Waals surface area contributed by atoms with Crippen molar-refractivity contribution in [1.82, 2.24) is 10.2 Å². The highest BCUT2D eigenvalue weighted by molar-refractivity contribution is 6.30. The monoisotopic (exact) mass is 302 g/mol. The first-order valence-corrected chi connectivity index (χ1v) is 6.55. The van der Waals surface area contributed by atoms with Gasteiger partial charge in [-0.2, -0.15) is 5.26 Å². The molecule has 1 unspecified atom stereocenters. The van der Waals surface area contributed by atoms with E-state index < -0.39 is 5.92 Å². The highest BCUT2D eigenvalue weighted by Crippen LogP contribution is 2.42. The molecule has 6 nitrogen and oxygen atoms in total. The van der Waals surface area contributed by atoms with Gasteiger partial charge in [-0.3, -0.25) is 9.89 Å². The standard InChI is InChI=1S/C14H11ClN4O2/c1-6-11(14(20)19-18-6)12-8-4-7(15)2-3-10(8)21-13(17)9(12)5-16/h2-4,12H,17H2,1H3,(H2,18,19,20). The Morgan fingerprint density at radius 3 is 2.81 bits per heavy atom. The summed E-state index contributed by atoms with van der Waals surface area (Å²) >= 11 is 6.03. The second-order valence-corrected chi connectivity index (χ2v) is 5.16. The number of fused-ring (bicyclic) bond motifs is 1. The van der Waals surface area contributed by atoms with E-state index in [9.17, 15) is 10.1 Å². The number of ether oxygens (including phenoxy) is 1. The van der Waals surface area contributed by atoms with Crippen molar-refractivity contribution in [3.63, 3.8) is 0 Å². The van der Waals surface area contributed by atoms with Crippen LogP contribution in [0.1, 0.15) is 22.7 Å². The summed E-state index contributed by atoms with van der Waals surface area (Å²) in [5.74, 6) is -0.120. The van der Waals surface area contributed by atoms with Gasteiger partial charge in [0.25, 0.3) is 5.56 Å². The van der Waals surface area contributed by atoms with E-state index in [1.165, 1.54) is 0 Å². The second kappa shape index (κ2) is 4.72. The number of hydrogen-bond donors (Lipinski definition) is 3. The molecule has 21 heavy (non-hydrogen) atoms. The summed E-state index contributed by atoms with van der Waals surface area (Å²) in [5.41, 5.74) is 7.42. The topological polar surface area (TPSA) is 108 Å². The first-order chi connectivity index (χ1) is 10.0. The van der Waals surface area contributed by atoms with Gasteiger partial charge in [0, 0.05) is 16.3 Å². The summed E-state index contributed by atoms with van der Waals surface area (Å²) in [6.07, 6.45) is 0.